The minimum Gasteiger partial charge on any atom is -0.507 e. The molecule has 0 saturated heterocycles. The minimum atomic E-state index is -4.50. The lowest BCUT2D eigenvalue weighted by atomic mass is 10.2. The maximum Gasteiger partial charge on any atom is 0.417 e. The Kier molecular flexibility index (Phi) is 3.94. The lowest BCUT2D eigenvalue weighted by molar-refractivity contribution is -0.137. The predicted octanol–water partition coefficient (Wildman–Crippen LogP) is 4.21. The number of aliphatic imine (C=N–C) groups is 1. The number of rotatable bonds is 2. The normalized spacial score (nSPS) is 12.0. The van der Waals surface area contributed by atoms with E-state index in [1.807, 2.05) is 0 Å². The highest BCUT2D eigenvalue weighted by molar-refractivity contribution is 6.32. The monoisotopic (exact) mass is 300 g/mol. The van der Waals surface area contributed by atoms with Crippen molar-refractivity contribution in [3.8, 4) is 5.75 Å². The number of benzene rings is 1. The molecule has 1 aromatic heterocycles. The zero-order valence-corrected chi connectivity index (χ0v) is 10.7. The number of hydrogen-bond donors (Lipinski definition) is 1. The van der Waals surface area contributed by atoms with Crippen LogP contribution in [-0.2, 0) is 6.18 Å². The van der Waals surface area contributed by atoms with Crippen LogP contribution in [0.2, 0.25) is 5.02 Å². The summed E-state index contributed by atoms with van der Waals surface area (Å²) in [4.78, 5) is 7.42. The van der Waals surface area contributed by atoms with Gasteiger partial charge in [-0.25, -0.2) is 9.98 Å². The molecule has 0 aliphatic heterocycles. The third kappa shape index (κ3) is 3.27. The molecule has 0 saturated carbocycles. The molecule has 1 aromatic carbocycles. The Morgan fingerprint density at radius 3 is 2.55 bits per heavy atom. The Hall–Kier alpha value is -2.08. The largest absolute Gasteiger partial charge is 0.507 e. The molecule has 2 rings (SSSR count). The molecule has 0 bridgehead atoms. The van der Waals surface area contributed by atoms with E-state index in [1.165, 1.54) is 12.3 Å². The van der Waals surface area contributed by atoms with Crippen LogP contribution in [0, 0.1) is 0 Å². The van der Waals surface area contributed by atoms with Crippen LogP contribution in [0.25, 0.3) is 0 Å². The van der Waals surface area contributed by atoms with Gasteiger partial charge in [0.25, 0.3) is 0 Å². The van der Waals surface area contributed by atoms with Gasteiger partial charge in [-0.15, -0.1) is 0 Å². The first-order valence-corrected chi connectivity index (χ1v) is 5.80. The summed E-state index contributed by atoms with van der Waals surface area (Å²) in [6, 6.07) is 7.13. The molecular weight excluding hydrogens is 293 g/mol. The molecule has 1 N–H and O–H groups in total. The number of nitrogens with zero attached hydrogens (tertiary/aromatic N) is 2. The molecule has 7 heteroatoms. The summed E-state index contributed by atoms with van der Waals surface area (Å²) >= 11 is 5.70. The van der Waals surface area contributed by atoms with Crippen LogP contribution < -0.4 is 0 Å². The highest BCUT2D eigenvalue weighted by Gasteiger charge is 2.31. The zero-order valence-electron chi connectivity index (χ0n) is 9.89. The van der Waals surface area contributed by atoms with Crippen molar-refractivity contribution in [3.05, 3.63) is 52.7 Å². The van der Waals surface area contributed by atoms with E-state index in [0.717, 1.165) is 6.07 Å². The van der Waals surface area contributed by atoms with Crippen LogP contribution in [0.4, 0.5) is 19.0 Å². The number of phenols is 1. The molecule has 0 aliphatic rings. The van der Waals surface area contributed by atoms with E-state index in [2.05, 4.69) is 9.98 Å². The molecule has 2 aromatic rings. The molecule has 0 aliphatic carbocycles. The second kappa shape index (κ2) is 5.50. The predicted molar refractivity (Wildman–Crippen MR) is 69.6 cm³/mol. The average Bonchev–Trinajstić information content (AvgIpc) is 2.38. The van der Waals surface area contributed by atoms with Crippen LogP contribution in [0.5, 0.6) is 5.75 Å². The number of aromatic nitrogens is 1. The van der Waals surface area contributed by atoms with Crippen molar-refractivity contribution in [3.63, 3.8) is 0 Å². The van der Waals surface area contributed by atoms with Gasteiger partial charge in [-0.2, -0.15) is 13.2 Å². The fourth-order valence-electron chi connectivity index (χ4n) is 1.41. The highest BCUT2D eigenvalue weighted by Crippen LogP contribution is 2.33. The van der Waals surface area contributed by atoms with Gasteiger partial charge in [-0.1, -0.05) is 23.7 Å². The smallest absolute Gasteiger partial charge is 0.417 e. The molecular formula is C13H8ClF3N2O. The minimum absolute atomic E-state index is 0.000663. The maximum atomic E-state index is 12.4. The Morgan fingerprint density at radius 2 is 1.95 bits per heavy atom. The molecule has 3 nitrogen and oxygen atoms in total. The van der Waals surface area contributed by atoms with Gasteiger partial charge in [0.2, 0.25) is 0 Å². The number of aromatic hydroxyl groups is 1. The third-order valence-electron chi connectivity index (χ3n) is 2.41. The standard InChI is InChI=1S/C13H8ClF3N2O/c14-10-5-9(13(15,16)17)7-19-12(10)18-6-8-3-1-2-4-11(8)20/h1-7,20H/b18-6+. The average molecular weight is 301 g/mol. The van der Waals surface area contributed by atoms with Crippen molar-refractivity contribution < 1.29 is 18.3 Å². The van der Waals surface area contributed by atoms with E-state index >= 15 is 0 Å². The van der Waals surface area contributed by atoms with Crippen molar-refractivity contribution in [1.29, 1.82) is 0 Å². The van der Waals surface area contributed by atoms with E-state index in [0.29, 0.717) is 11.8 Å². The van der Waals surface area contributed by atoms with Gasteiger partial charge in [0.05, 0.1) is 10.6 Å². The van der Waals surface area contributed by atoms with Crippen molar-refractivity contribution in [1.82, 2.24) is 4.98 Å². The first kappa shape index (κ1) is 14.3. The number of hydrogen-bond acceptors (Lipinski definition) is 3. The summed E-state index contributed by atoms with van der Waals surface area (Å²) < 4.78 is 37.3. The number of phenolic OH excluding ortho intramolecular Hbond substituents is 1. The van der Waals surface area contributed by atoms with E-state index < -0.39 is 11.7 Å². The lowest BCUT2D eigenvalue weighted by Crippen LogP contribution is -2.05. The molecule has 0 fully saturated rings. The van der Waals surface area contributed by atoms with Crippen LogP contribution in [0.3, 0.4) is 0 Å². The van der Waals surface area contributed by atoms with Crippen LogP contribution in [0.1, 0.15) is 11.1 Å². The van der Waals surface area contributed by atoms with E-state index in [1.54, 1.807) is 18.2 Å². The van der Waals surface area contributed by atoms with E-state index in [9.17, 15) is 18.3 Å². The zero-order chi connectivity index (χ0) is 14.8. The second-order valence-corrected chi connectivity index (χ2v) is 4.25. The summed E-state index contributed by atoms with van der Waals surface area (Å²) in [5.74, 6) is -0.0535. The topological polar surface area (TPSA) is 45.5 Å². The molecule has 0 amide bonds. The second-order valence-electron chi connectivity index (χ2n) is 3.84. The molecule has 0 atom stereocenters. The van der Waals surface area contributed by atoms with Gasteiger partial charge >= 0.3 is 6.18 Å². The molecule has 1 heterocycles. The number of para-hydroxylation sites is 1. The molecule has 0 unspecified atom stereocenters. The fourth-order valence-corrected chi connectivity index (χ4v) is 1.62. The lowest BCUT2D eigenvalue weighted by Gasteiger charge is -2.06. The third-order valence-corrected chi connectivity index (χ3v) is 2.69. The Morgan fingerprint density at radius 1 is 1.25 bits per heavy atom. The molecule has 104 valence electrons. The van der Waals surface area contributed by atoms with Crippen molar-refractivity contribution in [2.75, 3.05) is 0 Å². The van der Waals surface area contributed by atoms with Gasteiger partial charge in [0.1, 0.15) is 5.75 Å². The fraction of sp³-hybridized carbons (Fsp3) is 0.0769. The van der Waals surface area contributed by atoms with Gasteiger partial charge in [0, 0.05) is 18.0 Å². The summed E-state index contributed by atoms with van der Waals surface area (Å²) in [5.41, 5.74) is -0.533. The van der Waals surface area contributed by atoms with Gasteiger partial charge in [-0.05, 0) is 18.2 Å². The Balaban J connectivity index is 2.29. The summed E-state index contributed by atoms with van der Waals surface area (Å²) in [7, 11) is 0. The van der Waals surface area contributed by atoms with E-state index in [4.69, 9.17) is 11.6 Å². The Labute approximate surface area is 117 Å². The molecule has 20 heavy (non-hydrogen) atoms. The SMILES string of the molecule is Oc1ccccc1/C=N/c1ncc(C(F)(F)F)cc1Cl. The van der Waals surface area contributed by atoms with Crippen LogP contribution >= 0.6 is 11.6 Å². The number of halogens is 4. The number of pyridine rings is 1. The van der Waals surface area contributed by atoms with Gasteiger partial charge in [-0.3, -0.25) is 0 Å². The van der Waals surface area contributed by atoms with Gasteiger partial charge < -0.3 is 5.11 Å². The first-order valence-electron chi connectivity index (χ1n) is 5.43. The quantitative estimate of drug-likeness (QED) is 0.844. The van der Waals surface area contributed by atoms with E-state index in [-0.39, 0.29) is 16.6 Å². The molecule has 0 radical (unpaired) electrons. The maximum absolute atomic E-state index is 12.4. The van der Waals surface area contributed by atoms with Crippen molar-refractivity contribution >= 4 is 23.6 Å². The summed E-state index contributed by atoms with van der Waals surface area (Å²) in [5, 5.41) is 9.30. The van der Waals surface area contributed by atoms with Crippen LogP contribution in [0.15, 0.2) is 41.5 Å². The van der Waals surface area contributed by atoms with Crippen LogP contribution in [-0.4, -0.2) is 16.3 Å². The van der Waals surface area contributed by atoms with Gasteiger partial charge in [0.15, 0.2) is 5.82 Å². The highest BCUT2D eigenvalue weighted by atomic mass is 35.5. The molecule has 0 spiro atoms. The summed E-state index contributed by atoms with van der Waals surface area (Å²) in [6.45, 7) is 0. The summed E-state index contributed by atoms with van der Waals surface area (Å²) in [6.07, 6.45) is -2.57. The number of alkyl halides is 3. The van der Waals surface area contributed by atoms with Crippen molar-refractivity contribution in [2.45, 2.75) is 6.18 Å². The first-order chi connectivity index (χ1) is 9.38. The van der Waals surface area contributed by atoms with Crippen molar-refractivity contribution in [2.24, 2.45) is 4.99 Å². The Bertz CT molecular complexity index is 656.